The maximum Gasteiger partial charge on any atom is 0.319 e. The summed E-state index contributed by atoms with van der Waals surface area (Å²) in [5, 5.41) is 3.32. The number of aliphatic imine (C=N–C) groups is 1. The van der Waals surface area contributed by atoms with Crippen molar-refractivity contribution >= 4 is 17.9 Å². The van der Waals surface area contributed by atoms with E-state index in [1.54, 1.807) is 27.5 Å². The summed E-state index contributed by atoms with van der Waals surface area (Å²) in [7, 11) is 6.10. The molecule has 1 atom stereocenters. The molecule has 0 aromatic heterocycles. The number of nitrogens with zero attached hydrogens (tertiary/aromatic N) is 1. The largest absolute Gasteiger partial charge is 0.493 e. The molecule has 0 radical (unpaired) electrons. The van der Waals surface area contributed by atoms with E-state index in [2.05, 4.69) is 11.4 Å². The van der Waals surface area contributed by atoms with Gasteiger partial charge in [-0.05, 0) is 36.2 Å². The van der Waals surface area contributed by atoms with Gasteiger partial charge in [-0.1, -0.05) is 48.0 Å². The standard InChI is InChI=1S/C27H30N2O5/c1-18-11-12-22(28-16-19-14-23(31-2)27(34-5)24(15-19)32-3)21(13-18)26(29-17-25(30)33-4)20-9-7-6-8-10-20/h6-16,26,29H,17H2,1-5H3/t26-/m0/s1. The van der Waals surface area contributed by atoms with Crippen LogP contribution in [0, 0.1) is 6.92 Å². The molecule has 0 saturated carbocycles. The van der Waals surface area contributed by atoms with Gasteiger partial charge in [0.05, 0.1) is 46.7 Å². The van der Waals surface area contributed by atoms with Crippen LogP contribution >= 0.6 is 0 Å². The van der Waals surface area contributed by atoms with Gasteiger partial charge in [-0.15, -0.1) is 0 Å². The highest BCUT2D eigenvalue weighted by Crippen LogP contribution is 2.38. The van der Waals surface area contributed by atoms with Crippen LogP contribution in [0.5, 0.6) is 17.2 Å². The first kappa shape index (κ1) is 24.8. The number of hydrogen-bond donors (Lipinski definition) is 1. The summed E-state index contributed by atoms with van der Waals surface area (Å²) < 4.78 is 21.1. The second-order valence-corrected chi connectivity index (χ2v) is 7.58. The normalized spacial score (nSPS) is 11.8. The Balaban J connectivity index is 2.04. The monoisotopic (exact) mass is 462 g/mol. The number of esters is 1. The number of carbonyl (C=O) groups excluding carboxylic acids is 1. The zero-order valence-corrected chi connectivity index (χ0v) is 20.1. The predicted octanol–water partition coefficient (Wildman–Crippen LogP) is 4.62. The fraction of sp³-hybridized carbons (Fsp3) is 0.259. The van der Waals surface area contributed by atoms with Crippen LogP contribution in [-0.2, 0) is 9.53 Å². The third-order valence-electron chi connectivity index (χ3n) is 5.34. The molecule has 0 bridgehead atoms. The summed E-state index contributed by atoms with van der Waals surface area (Å²) in [4.78, 5) is 16.7. The summed E-state index contributed by atoms with van der Waals surface area (Å²) in [6.07, 6.45) is 1.75. The lowest BCUT2D eigenvalue weighted by Crippen LogP contribution is -2.29. The van der Waals surface area contributed by atoms with E-state index < -0.39 is 0 Å². The van der Waals surface area contributed by atoms with E-state index in [9.17, 15) is 4.79 Å². The van der Waals surface area contributed by atoms with Crippen LogP contribution in [0.2, 0.25) is 0 Å². The molecule has 0 fully saturated rings. The zero-order valence-electron chi connectivity index (χ0n) is 20.1. The molecule has 0 aliphatic heterocycles. The molecule has 0 amide bonds. The van der Waals surface area contributed by atoms with Gasteiger partial charge in [-0.25, -0.2) is 0 Å². The predicted molar refractivity (Wildman–Crippen MR) is 133 cm³/mol. The van der Waals surface area contributed by atoms with Crippen molar-refractivity contribution < 1.29 is 23.7 Å². The van der Waals surface area contributed by atoms with Crippen LogP contribution in [-0.4, -0.2) is 47.2 Å². The van der Waals surface area contributed by atoms with E-state index in [1.165, 1.54) is 7.11 Å². The highest BCUT2D eigenvalue weighted by molar-refractivity contribution is 5.85. The number of benzene rings is 3. The summed E-state index contributed by atoms with van der Waals surface area (Å²) in [5.74, 6) is 1.29. The van der Waals surface area contributed by atoms with Crippen LogP contribution in [0.1, 0.15) is 28.3 Å². The van der Waals surface area contributed by atoms with Crippen molar-refractivity contribution in [2.45, 2.75) is 13.0 Å². The Morgan fingerprint density at radius 2 is 1.62 bits per heavy atom. The van der Waals surface area contributed by atoms with Crippen molar-refractivity contribution in [1.29, 1.82) is 0 Å². The second-order valence-electron chi connectivity index (χ2n) is 7.58. The van der Waals surface area contributed by atoms with Crippen LogP contribution in [0.4, 0.5) is 5.69 Å². The average Bonchev–Trinajstić information content (AvgIpc) is 2.87. The number of hydrogen-bond acceptors (Lipinski definition) is 7. The van der Waals surface area contributed by atoms with Gasteiger partial charge >= 0.3 is 5.97 Å². The molecule has 7 nitrogen and oxygen atoms in total. The molecule has 1 N–H and O–H groups in total. The maximum atomic E-state index is 11.9. The summed E-state index contributed by atoms with van der Waals surface area (Å²) >= 11 is 0. The molecular formula is C27H30N2O5. The molecular weight excluding hydrogens is 432 g/mol. The molecule has 0 spiro atoms. The lowest BCUT2D eigenvalue weighted by atomic mass is 9.95. The van der Waals surface area contributed by atoms with Crippen molar-refractivity contribution in [1.82, 2.24) is 5.32 Å². The first-order valence-electron chi connectivity index (χ1n) is 10.8. The van der Waals surface area contributed by atoms with Crippen molar-refractivity contribution in [2.24, 2.45) is 4.99 Å². The highest BCUT2D eigenvalue weighted by Gasteiger charge is 2.19. The van der Waals surface area contributed by atoms with Gasteiger partial charge in [-0.2, -0.15) is 0 Å². The molecule has 0 aliphatic rings. The van der Waals surface area contributed by atoms with Gasteiger partial charge < -0.3 is 18.9 Å². The van der Waals surface area contributed by atoms with Crippen molar-refractivity contribution in [3.63, 3.8) is 0 Å². The lowest BCUT2D eigenvalue weighted by Gasteiger charge is -2.21. The van der Waals surface area contributed by atoms with E-state index in [0.29, 0.717) is 17.2 Å². The SMILES string of the molecule is COC(=O)CN[C@@H](c1ccccc1)c1cc(C)ccc1N=Cc1cc(OC)c(OC)c(OC)c1. The Hall–Kier alpha value is -3.84. The van der Waals surface area contributed by atoms with Gasteiger partial charge in [0.1, 0.15) is 0 Å². The van der Waals surface area contributed by atoms with E-state index in [-0.39, 0.29) is 18.6 Å². The topological polar surface area (TPSA) is 78.4 Å². The van der Waals surface area contributed by atoms with Gasteiger partial charge in [0.25, 0.3) is 0 Å². The van der Waals surface area contributed by atoms with Gasteiger partial charge in [0.15, 0.2) is 11.5 Å². The number of aryl methyl sites for hydroxylation is 1. The Morgan fingerprint density at radius 1 is 0.941 bits per heavy atom. The Bertz CT molecular complexity index is 1120. The van der Waals surface area contributed by atoms with Gasteiger partial charge in [-0.3, -0.25) is 15.1 Å². The molecule has 34 heavy (non-hydrogen) atoms. The first-order chi connectivity index (χ1) is 16.5. The molecule has 0 aliphatic carbocycles. The third-order valence-corrected chi connectivity index (χ3v) is 5.34. The molecule has 0 unspecified atom stereocenters. The van der Waals surface area contributed by atoms with Crippen molar-refractivity contribution in [2.75, 3.05) is 35.0 Å². The molecule has 3 aromatic carbocycles. The average molecular weight is 463 g/mol. The number of carbonyl (C=O) groups is 1. The molecule has 178 valence electrons. The Morgan fingerprint density at radius 3 is 2.21 bits per heavy atom. The first-order valence-corrected chi connectivity index (χ1v) is 10.8. The van der Waals surface area contributed by atoms with Gasteiger partial charge in [0.2, 0.25) is 5.75 Å². The van der Waals surface area contributed by atoms with E-state index in [4.69, 9.17) is 23.9 Å². The summed E-state index contributed by atoms with van der Waals surface area (Å²) in [6, 6.07) is 19.4. The van der Waals surface area contributed by atoms with Crippen LogP contribution < -0.4 is 19.5 Å². The van der Waals surface area contributed by atoms with E-state index in [1.807, 2.05) is 61.5 Å². The number of nitrogens with one attached hydrogen (secondary N) is 1. The zero-order chi connectivity index (χ0) is 24.5. The van der Waals surface area contributed by atoms with Gasteiger partial charge in [0, 0.05) is 11.8 Å². The number of ether oxygens (including phenoxy) is 4. The minimum atomic E-state index is -0.337. The summed E-state index contributed by atoms with van der Waals surface area (Å²) in [6.45, 7) is 2.10. The van der Waals surface area contributed by atoms with E-state index in [0.717, 1.165) is 27.9 Å². The fourth-order valence-corrected chi connectivity index (χ4v) is 3.65. The fourth-order valence-electron chi connectivity index (χ4n) is 3.65. The van der Waals surface area contributed by atoms with E-state index >= 15 is 0 Å². The Labute approximate surface area is 200 Å². The number of rotatable bonds is 10. The maximum absolute atomic E-state index is 11.9. The second kappa shape index (κ2) is 11.9. The van der Waals surface area contributed by atoms with Crippen LogP contribution in [0.25, 0.3) is 0 Å². The van der Waals surface area contributed by atoms with Crippen LogP contribution in [0.15, 0.2) is 65.7 Å². The molecule has 3 rings (SSSR count). The van der Waals surface area contributed by atoms with Crippen molar-refractivity contribution in [3.05, 3.63) is 82.9 Å². The van der Waals surface area contributed by atoms with Crippen molar-refractivity contribution in [3.8, 4) is 17.2 Å². The third kappa shape index (κ3) is 5.94. The highest BCUT2D eigenvalue weighted by atomic mass is 16.5. The molecule has 0 saturated heterocycles. The Kier molecular flexibility index (Phi) is 8.65. The van der Waals surface area contributed by atoms with Crippen LogP contribution in [0.3, 0.4) is 0 Å². The smallest absolute Gasteiger partial charge is 0.319 e. The number of methoxy groups -OCH3 is 4. The summed E-state index contributed by atoms with van der Waals surface area (Å²) in [5.41, 5.74) is 4.60. The lowest BCUT2D eigenvalue weighted by molar-refractivity contribution is -0.139. The minimum Gasteiger partial charge on any atom is -0.493 e. The molecule has 3 aromatic rings. The quantitative estimate of drug-likeness (QED) is 0.350. The molecule has 7 heteroatoms. The minimum absolute atomic E-state index is 0.0695. The molecule has 0 heterocycles.